The van der Waals surface area contributed by atoms with Gasteiger partial charge in [-0.2, -0.15) is 97.6 Å². The van der Waals surface area contributed by atoms with Crippen LogP contribution in [0.2, 0.25) is 0 Å². The van der Waals surface area contributed by atoms with Crippen LogP contribution in [0.1, 0.15) is 139 Å². The van der Waals surface area contributed by atoms with Gasteiger partial charge in [0.25, 0.3) is 0 Å². The van der Waals surface area contributed by atoms with E-state index < -0.39 is 130 Å². The molecule has 0 unspecified atom stereocenters. The molecule has 484 valence electrons. The second-order valence-corrected chi connectivity index (χ2v) is 21.1. The smallest absolute Gasteiger partial charge is 0.416 e. The Labute approximate surface area is 529 Å². The molecule has 0 N–H and O–H groups in total. The molecule has 4 atom stereocenters. The summed E-state index contributed by atoms with van der Waals surface area (Å²) < 4.78 is 286. The number of hydrogen-bond acceptors (Lipinski definition) is 6. The van der Waals surface area contributed by atoms with E-state index in [2.05, 4.69) is 6.92 Å². The zero-order valence-corrected chi connectivity index (χ0v) is 51.3. The number of ether oxygens (including phenoxy) is 4. The number of carbonyl (C=O) groups is 2. The molecule has 0 spiro atoms. The number of alkyl halides is 18. The average Bonchev–Trinajstić information content (AvgIpc) is 1.36. The molecule has 0 saturated carbocycles. The average molecular weight is 1370 g/mol. The number of halogens is 20. The van der Waals surface area contributed by atoms with Gasteiger partial charge in [-0.1, -0.05) is 52.8 Å². The fourth-order valence-electron chi connectivity index (χ4n) is 9.69. The molecule has 29 heteroatoms. The summed E-state index contributed by atoms with van der Waals surface area (Å²) in [6.07, 6.45) is -33.3. The summed E-state index contributed by atoms with van der Waals surface area (Å²) in [5, 5.41) is 0. The summed E-state index contributed by atoms with van der Waals surface area (Å²) in [4.78, 5) is 25.0. The van der Waals surface area contributed by atoms with Crippen molar-refractivity contribution in [1.82, 2.24) is 4.90 Å². The van der Waals surface area contributed by atoms with Crippen molar-refractivity contribution in [3.63, 3.8) is 0 Å². The van der Waals surface area contributed by atoms with Gasteiger partial charge in [0.15, 0.2) is 0 Å². The SMILES string of the molecule is COc1cc(F)c(C(C)C)cc1-c1ccc(C(F)(F)F)cc1CN1C(=O)O[C@H](c2cc(C(F)(F)F)cc(C(F)(F)F)c2)[C@@H]1C.C[C@@H]1CC(=O)O[C@@H]1c1cc(C(F)(F)F)cc(C(F)(F)F)c1.[B].[CH2-]c1cc(C(F)(F)F)ccc1-c1cc(C(C)C)c(F)cc1OC.[Y]. The van der Waals surface area contributed by atoms with Gasteiger partial charge in [0.1, 0.15) is 35.3 Å². The zero-order chi connectivity index (χ0) is 66.3. The first-order valence-corrected chi connectivity index (χ1v) is 26.1. The van der Waals surface area contributed by atoms with Gasteiger partial charge >= 0.3 is 49.1 Å². The van der Waals surface area contributed by atoms with Crippen LogP contribution < -0.4 is 9.47 Å². The number of nitrogens with zero attached hydrogens (tertiary/aromatic N) is 1. The molecule has 2 fully saturated rings. The fourth-order valence-corrected chi connectivity index (χ4v) is 9.69. The maximum absolute atomic E-state index is 14.7. The van der Waals surface area contributed by atoms with Crippen LogP contribution in [0.4, 0.5) is 92.6 Å². The summed E-state index contributed by atoms with van der Waals surface area (Å²) in [6.45, 7) is 13.0. The Morgan fingerprint density at radius 3 is 1.21 bits per heavy atom. The largest absolute Gasteiger partial charge is 0.497 e. The molecule has 0 aliphatic carbocycles. The predicted octanol–water partition coefficient (Wildman–Crippen LogP) is 19.6. The summed E-state index contributed by atoms with van der Waals surface area (Å²) in [5.41, 5.74) is -6.68. The van der Waals surface area contributed by atoms with Crippen LogP contribution in [0.25, 0.3) is 22.3 Å². The van der Waals surface area contributed by atoms with E-state index in [0.29, 0.717) is 41.0 Å². The van der Waals surface area contributed by atoms with E-state index in [1.54, 1.807) is 19.9 Å². The minimum atomic E-state index is -5.16. The number of amides is 1. The number of cyclic esters (lactones) is 2. The number of rotatable bonds is 10. The van der Waals surface area contributed by atoms with Crippen LogP contribution in [0.3, 0.4) is 0 Å². The number of hydrogen-bond donors (Lipinski definition) is 0. The van der Waals surface area contributed by atoms with Crippen molar-refractivity contribution in [1.29, 1.82) is 0 Å². The van der Waals surface area contributed by atoms with Crippen molar-refractivity contribution in [3.8, 4) is 33.8 Å². The first kappa shape index (κ1) is 75.8. The van der Waals surface area contributed by atoms with E-state index in [4.69, 9.17) is 18.9 Å². The molecule has 6 aromatic rings. The third-order valence-electron chi connectivity index (χ3n) is 14.2. The number of carbonyl (C=O) groups excluding carboxylic acids is 2. The Hall–Kier alpha value is -6.70. The van der Waals surface area contributed by atoms with Crippen LogP contribution >= 0.6 is 0 Å². The maximum atomic E-state index is 14.7. The summed E-state index contributed by atoms with van der Waals surface area (Å²) in [6, 6.07) is 12.1. The number of benzene rings is 6. The maximum Gasteiger partial charge on any atom is 0.416 e. The Balaban J connectivity index is 0.000000316. The van der Waals surface area contributed by atoms with Crippen LogP contribution in [0, 0.1) is 24.5 Å². The molecule has 2 heterocycles. The molecular formula is C61H52BF20NO6Y-. The van der Waals surface area contributed by atoms with Crippen molar-refractivity contribution in [2.45, 2.75) is 122 Å². The van der Waals surface area contributed by atoms with E-state index in [0.717, 1.165) is 41.3 Å². The first-order valence-electron chi connectivity index (χ1n) is 26.1. The monoisotopic (exact) mass is 1370 g/mol. The van der Waals surface area contributed by atoms with Crippen LogP contribution in [0.5, 0.6) is 11.5 Å². The standard InChI is InChI=1S/C30H25F10NO3.C18H17F4O.C13H10F6O2.B.Y/c1-14(2)22-11-23(25(43-4)12-24(22)31)21-6-5-18(28(32,33)34)9-17(21)13-41-15(3)26(44-27(41)42)16-7-19(29(35,36)37)10-20(8-16)30(38,39)40;1-10(2)14-8-15(17(23-4)9-16(14)19)13-6-5-12(7-11(13)3)18(20,21)22;1-6-2-10(20)21-11(6)7-3-8(12(14,15)16)5-9(4-7)13(17,18)19;;/h5-12,14-15,26H,13H2,1-4H3;5-10H,3H2,1-2,4H3;3-6,11H,2H2,1H3;;/q;-1;;;/t15-,26-;;6-,11+;;/m0.1../s1. The van der Waals surface area contributed by atoms with Crippen molar-refractivity contribution in [2.24, 2.45) is 5.92 Å². The van der Waals surface area contributed by atoms with Gasteiger partial charge in [-0.3, -0.25) is 9.69 Å². The molecule has 0 aromatic heterocycles. The third kappa shape index (κ3) is 17.9. The molecule has 90 heavy (non-hydrogen) atoms. The third-order valence-corrected chi connectivity index (χ3v) is 14.2. The normalized spacial score (nSPS) is 17.2. The molecule has 8 rings (SSSR count). The quantitative estimate of drug-likeness (QED) is 0.0589. The molecular weight excluding hydrogens is 1320 g/mol. The van der Waals surface area contributed by atoms with Gasteiger partial charge in [-0.15, -0.1) is 11.6 Å². The minimum absolute atomic E-state index is 0. The van der Waals surface area contributed by atoms with Crippen molar-refractivity contribution in [3.05, 3.63) is 182 Å². The second kappa shape index (κ2) is 28.4. The zero-order valence-electron chi connectivity index (χ0n) is 48.4. The summed E-state index contributed by atoms with van der Waals surface area (Å²) >= 11 is 0. The van der Waals surface area contributed by atoms with Crippen LogP contribution in [-0.2, 0) is 90.6 Å². The molecule has 2 aliphatic heterocycles. The first-order chi connectivity index (χ1) is 40.3. The predicted molar refractivity (Wildman–Crippen MR) is 285 cm³/mol. The summed E-state index contributed by atoms with van der Waals surface area (Å²) in [7, 11) is 2.62. The molecule has 0 bridgehead atoms. The van der Waals surface area contributed by atoms with Gasteiger partial charge in [0, 0.05) is 64.7 Å². The second-order valence-electron chi connectivity index (χ2n) is 21.1. The summed E-state index contributed by atoms with van der Waals surface area (Å²) in [5.74, 6) is -2.31. The van der Waals surface area contributed by atoms with Crippen molar-refractivity contribution >= 4 is 20.5 Å². The van der Waals surface area contributed by atoms with Gasteiger partial charge in [0.2, 0.25) is 0 Å². The number of methoxy groups -OCH3 is 2. The van der Waals surface area contributed by atoms with Gasteiger partial charge in [-0.05, 0) is 118 Å². The topological polar surface area (TPSA) is 74.3 Å². The van der Waals surface area contributed by atoms with E-state index >= 15 is 0 Å². The van der Waals surface area contributed by atoms with Gasteiger partial charge < -0.3 is 18.9 Å². The number of esters is 1. The fraction of sp³-hybridized carbons (Fsp3) is 0.361. The van der Waals surface area contributed by atoms with Crippen LogP contribution in [-0.4, -0.2) is 45.6 Å². The molecule has 1 amide bonds. The molecule has 2 aliphatic rings. The van der Waals surface area contributed by atoms with E-state index in [1.165, 1.54) is 46.3 Å². The van der Waals surface area contributed by atoms with E-state index in [1.807, 2.05) is 13.8 Å². The van der Waals surface area contributed by atoms with E-state index in [9.17, 15) is 97.4 Å². The molecule has 4 radical (unpaired) electrons. The Morgan fingerprint density at radius 2 is 0.867 bits per heavy atom. The Bertz CT molecular complexity index is 3480. The molecule has 6 aromatic carbocycles. The van der Waals surface area contributed by atoms with Crippen molar-refractivity contribution < 1.29 is 149 Å². The minimum Gasteiger partial charge on any atom is -0.497 e. The van der Waals surface area contributed by atoms with Gasteiger partial charge in [-0.25, -0.2) is 13.6 Å². The van der Waals surface area contributed by atoms with Crippen molar-refractivity contribution in [2.75, 3.05) is 14.2 Å². The van der Waals surface area contributed by atoms with E-state index in [-0.39, 0.29) is 116 Å². The Morgan fingerprint density at radius 1 is 0.500 bits per heavy atom. The molecule has 2 saturated heterocycles. The Kier molecular flexibility index (Phi) is 23.9. The van der Waals surface area contributed by atoms with Gasteiger partial charge in [0.05, 0.1) is 61.0 Å². The van der Waals surface area contributed by atoms with Crippen LogP contribution in [0.15, 0.2) is 97.1 Å². The molecule has 7 nitrogen and oxygen atoms in total.